The van der Waals surface area contributed by atoms with E-state index in [0.717, 1.165) is 5.56 Å². The lowest BCUT2D eigenvalue weighted by Crippen LogP contribution is -2.14. The molecule has 1 N–H and O–H groups in total. The fourth-order valence-electron chi connectivity index (χ4n) is 2.14. The molecule has 0 amide bonds. The van der Waals surface area contributed by atoms with E-state index in [9.17, 15) is 8.42 Å². The predicted molar refractivity (Wildman–Crippen MR) is 79.7 cm³/mol. The summed E-state index contributed by atoms with van der Waals surface area (Å²) in [5.41, 5.74) is 1.81. The number of hydrogen-bond acceptors (Lipinski definition) is 4. The Hall–Kier alpha value is -2.41. The summed E-state index contributed by atoms with van der Waals surface area (Å²) in [6.07, 6.45) is 1.73. The predicted octanol–water partition coefficient (Wildman–Crippen LogP) is 2.15. The minimum Gasteiger partial charge on any atom is -0.286 e. The minimum atomic E-state index is -3.72. The Bertz CT molecular complexity index is 916. The Labute approximate surface area is 122 Å². The van der Waals surface area contributed by atoms with Crippen molar-refractivity contribution >= 4 is 21.4 Å². The molecular formula is C14H14N4O2S. The van der Waals surface area contributed by atoms with Gasteiger partial charge in [0.2, 0.25) is 0 Å². The second-order valence-corrected chi connectivity index (χ2v) is 6.44. The number of nitrogens with one attached hydrogen (secondary N) is 1. The summed E-state index contributed by atoms with van der Waals surface area (Å²) in [4.78, 5) is 0.104. The maximum atomic E-state index is 12.5. The molecule has 0 aliphatic heterocycles. The molecule has 0 radical (unpaired) electrons. The quantitative estimate of drug-likeness (QED) is 0.804. The Morgan fingerprint density at radius 3 is 2.67 bits per heavy atom. The number of fused-ring (bicyclic) bond motifs is 1. The highest BCUT2D eigenvalue weighted by Crippen LogP contribution is 2.20. The number of pyridine rings is 1. The first kappa shape index (κ1) is 13.6. The maximum Gasteiger partial charge on any atom is 0.265 e. The highest BCUT2D eigenvalue weighted by atomic mass is 32.2. The first-order chi connectivity index (χ1) is 9.97. The number of benzene rings is 1. The number of aryl methyl sites for hydroxylation is 2. The van der Waals surface area contributed by atoms with E-state index in [-0.39, 0.29) is 4.90 Å². The molecule has 0 fully saturated rings. The largest absolute Gasteiger partial charge is 0.286 e. The van der Waals surface area contributed by atoms with Crippen molar-refractivity contribution in [2.45, 2.75) is 18.7 Å². The van der Waals surface area contributed by atoms with Gasteiger partial charge in [0.05, 0.1) is 0 Å². The lowest BCUT2D eigenvalue weighted by molar-refractivity contribution is 0.601. The SMILES string of the molecule is Cc1cccc(NS(=O)(=O)c2cccn3c(C)nnc23)c1. The monoisotopic (exact) mass is 302 g/mol. The van der Waals surface area contributed by atoms with E-state index in [1.165, 1.54) is 6.07 Å². The highest BCUT2D eigenvalue weighted by Gasteiger charge is 2.20. The number of aromatic nitrogens is 3. The van der Waals surface area contributed by atoms with Crippen molar-refractivity contribution in [3.8, 4) is 0 Å². The van der Waals surface area contributed by atoms with Gasteiger partial charge in [0.1, 0.15) is 10.7 Å². The van der Waals surface area contributed by atoms with Crippen LogP contribution in [0.5, 0.6) is 0 Å². The molecule has 0 bridgehead atoms. The summed E-state index contributed by atoms with van der Waals surface area (Å²) in [5.74, 6) is 0.637. The van der Waals surface area contributed by atoms with Crippen LogP contribution in [0.4, 0.5) is 5.69 Å². The molecule has 108 valence electrons. The van der Waals surface area contributed by atoms with Crippen LogP contribution in [0, 0.1) is 13.8 Å². The smallest absolute Gasteiger partial charge is 0.265 e. The lowest BCUT2D eigenvalue weighted by Gasteiger charge is -2.09. The van der Waals surface area contributed by atoms with E-state index in [0.29, 0.717) is 17.2 Å². The van der Waals surface area contributed by atoms with E-state index in [1.807, 2.05) is 13.0 Å². The molecule has 7 heteroatoms. The van der Waals surface area contributed by atoms with Crippen LogP contribution in [0.2, 0.25) is 0 Å². The number of anilines is 1. The molecule has 2 heterocycles. The molecule has 0 saturated heterocycles. The van der Waals surface area contributed by atoms with Crippen molar-refractivity contribution in [2.24, 2.45) is 0 Å². The molecule has 3 rings (SSSR count). The number of sulfonamides is 1. The molecule has 0 saturated carbocycles. The second-order valence-electron chi connectivity index (χ2n) is 4.79. The van der Waals surface area contributed by atoms with Gasteiger partial charge in [0.15, 0.2) is 5.65 Å². The molecule has 0 atom stereocenters. The first-order valence-corrected chi connectivity index (χ1v) is 7.85. The third kappa shape index (κ3) is 2.47. The van der Waals surface area contributed by atoms with E-state index >= 15 is 0 Å². The van der Waals surface area contributed by atoms with Crippen LogP contribution in [-0.2, 0) is 10.0 Å². The molecular weight excluding hydrogens is 288 g/mol. The normalized spacial score (nSPS) is 11.7. The number of hydrogen-bond donors (Lipinski definition) is 1. The number of nitrogens with zero attached hydrogens (tertiary/aromatic N) is 3. The zero-order valence-electron chi connectivity index (χ0n) is 11.6. The fraction of sp³-hybridized carbons (Fsp3) is 0.143. The molecule has 0 spiro atoms. The maximum absolute atomic E-state index is 12.5. The van der Waals surface area contributed by atoms with E-state index in [2.05, 4.69) is 14.9 Å². The van der Waals surface area contributed by atoms with Gasteiger partial charge in [-0.05, 0) is 43.7 Å². The molecule has 3 aromatic rings. The fourth-order valence-corrected chi connectivity index (χ4v) is 3.32. The first-order valence-electron chi connectivity index (χ1n) is 6.37. The van der Waals surface area contributed by atoms with Gasteiger partial charge in [0, 0.05) is 11.9 Å². The molecule has 0 aliphatic rings. The summed E-state index contributed by atoms with van der Waals surface area (Å²) >= 11 is 0. The summed E-state index contributed by atoms with van der Waals surface area (Å²) in [6, 6.07) is 10.4. The van der Waals surface area contributed by atoms with Crippen molar-refractivity contribution < 1.29 is 8.42 Å². The zero-order chi connectivity index (χ0) is 15.0. The Kier molecular flexibility index (Phi) is 3.13. The third-order valence-electron chi connectivity index (χ3n) is 3.13. The van der Waals surface area contributed by atoms with Crippen LogP contribution in [0.15, 0.2) is 47.5 Å². The van der Waals surface area contributed by atoms with Gasteiger partial charge in [-0.15, -0.1) is 10.2 Å². The van der Waals surface area contributed by atoms with Crippen molar-refractivity contribution in [1.29, 1.82) is 0 Å². The molecule has 1 aromatic carbocycles. The van der Waals surface area contributed by atoms with Gasteiger partial charge >= 0.3 is 0 Å². The highest BCUT2D eigenvalue weighted by molar-refractivity contribution is 7.93. The lowest BCUT2D eigenvalue weighted by atomic mass is 10.2. The zero-order valence-corrected chi connectivity index (χ0v) is 12.4. The second kappa shape index (κ2) is 4.85. The van der Waals surface area contributed by atoms with Crippen molar-refractivity contribution in [3.05, 3.63) is 54.0 Å². The van der Waals surface area contributed by atoms with Crippen LogP contribution in [0.3, 0.4) is 0 Å². The van der Waals surface area contributed by atoms with Gasteiger partial charge in [-0.3, -0.25) is 9.12 Å². The van der Waals surface area contributed by atoms with Crippen molar-refractivity contribution in [1.82, 2.24) is 14.6 Å². The van der Waals surface area contributed by atoms with Gasteiger partial charge < -0.3 is 0 Å². The van der Waals surface area contributed by atoms with Crippen LogP contribution >= 0.6 is 0 Å². The Morgan fingerprint density at radius 2 is 1.90 bits per heavy atom. The van der Waals surface area contributed by atoms with Crippen molar-refractivity contribution in [2.75, 3.05) is 4.72 Å². The van der Waals surface area contributed by atoms with Gasteiger partial charge in [-0.25, -0.2) is 8.42 Å². The Balaban J connectivity index is 2.08. The van der Waals surface area contributed by atoms with Crippen LogP contribution < -0.4 is 4.72 Å². The molecule has 2 aromatic heterocycles. The van der Waals surface area contributed by atoms with Crippen molar-refractivity contribution in [3.63, 3.8) is 0 Å². The van der Waals surface area contributed by atoms with Gasteiger partial charge in [-0.1, -0.05) is 12.1 Å². The minimum absolute atomic E-state index is 0.104. The summed E-state index contributed by atoms with van der Waals surface area (Å²) in [7, 11) is -3.72. The average Bonchev–Trinajstić information content (AvgIpc) is 2.80. The van der Waals surface area contributed by atoms with E-state index in [4.69, 9.17) is 0 Å². The molecule has 0 unspecified atom stereocenters. The van der Waals surface area contributed by atoms with Crippen LogP contribution in [0.1, 0.15) is 11.4 Å². The standard InChI is InChI=1S/C14H14N4O2S/c1-10-5-3-6-12(9-10)17-21(19,20)13-7-4-8-18-11(2)15-16-14(13)18/h3-9,17H,1-2H3. The third-order valence-corrected chi connectivity index (χ3v) is 4.53. The molecule has 6 nitrogen and oxygen atoms in total. The van der Waals surface area contributed by atoms with Crippen LogP contribution in [0.25, 0.3) is 5.65 Å². The topological polar surface area (TPSA) is 76.4 Å². The molecule has 0 aliphatic carbocycles. The van der Waals surface area contributed by atoms with E-state index in [1.54, 1.807) is 41.8 Å². The number of rotatable bonds is 3. The summed E-state index contributed by atoms with van der Waals surface area (Å²) in [5, 5.41) is 7.85. The Morgan fingerprint density at radius 1 is 1.10 bits per heavy atom. The average molecular weight is 302 g/mol. The van der Waals surface area contributed by atoms with Gasteiger partial charge in [0.25, 0.3) is 10.0 Å². The summed E-state index contributed by atoms with van der Waals surface area (Å²) in [6.45, 7) is 3.67. The van der Waals surface area contributed by atoms with Crippen LogP contribution in [-0.4, -0.2) is 23.0 Å². The van der Waals surface area contributed by atoms with E-state index < -0.39 is 10.0 Å². The van der Waals surface area contributed by atoms with Gasteiger partial charge in [-0.2, -0.15) is 0 Å². The summed E-state index contributed by atoms with van der Waals surface area (Å²) < 4.78 is 29.3. The molecule has 21 heavy (non-hydrogen) atoms.